The Morgan fingerprint density at radius 3 is 2.07 bits per heavy atom. The van der Waals surface area contributed by atoms with Crippen molar-refractivity contribution in [2.75, 3.05) is 0 Å². The van der Waals surface area contributed by atoms with Gasteiger partial charge in [-0.2, -0.15) is 0 Å². The van der Waals surface area contributed by atoms with Crippen LogP contribution in [0.5, 0.6) is 0 Å². The van der Waals surface area contributed by atoms with Gasteiger partial charge < -0.3 is 14.8 Å². The van der Waals surface area contributed by atoms with E-state index in [2.05, 4.69) is 14.5 Å². The SMILES string of the molecule is O=C1CC2(O)CC(=O)ON(O1)OC2=O. The highest BCUT2D eigenvalue weighted by Gasteiger charge is 2.51. The smallest absolute Gasteiger partial charge is 0.365 e. The summed E-state index contributed by atoms with van der Waals surface area (Å²) in [5.41, 5.74) is -2.20. The molecule has 8 heteroatoms. The molecule has 0 aliphatic carbocycles. The van der Waals surface area contributed by atoms with Crippen LogP contribution in [0.2, 0.25) is 0 Å². The zero-order chi connectivity index (χ0) is 10.3. The van der Waals surface area contributed by atoms with Gasteiger partial charge in [0.1, 0.15) is 0 Å². The Kier molecular flexibility index (Phi) is 1.69. The molecule has 2 aliphatic heterocycles. The predicted molar refractivity (Wildman–Crippen MR) is 34.3 cm³/mol. The third kappa shape index (κ3) is 1.30. The van der Waals surface area contributed by atoms with Crippen LogP contribution in [0, 0.1) is 0 Å². The molecule has 2 aliphatic rings. The molecule has 0 atom stereocenters. The van der Waals surface area contributed by atoms with Gasteiger partial charge >= 0.3 is 17.9 Å². The highest BCUT2D eigenvalue weighted by atomic mass is 17.2. The number of rotatable bonds is 0. The molecule has 0 spiro atoms. The zero-order valence-corrected chi connectivity index (χ0v) is 6.76. The van der Waals surface area contributed by atoms with Crippen LogP contribution in [-0.2, 0) is 28.9 Å². The van der Waals surface area contributed by atoms with Gasteiger partial charge in [0.05, 0.1) is 12.8 Å². The lowest BCUT2D eigenvalue weighted by molar-refractivity contribution is -0.459. The molecule has 0 aromatic carbocycles. The summed E-state index contributed by atoms with van der Waals surface area (Å²) in [6.45, 7) is 0. The summed E-state index contributed by atoms with van der Waals surface area (Å²) in [6, 6.07) is 0. The fourth-order valence-corrected chi connectivity index (χ4v) is 1.12. The number of hydrogen-bond acceptors (Lipinski definition) is 8. The average molecular weight is 203 g/mol. The number of fused-ring (bicyclic) bond motifs is 3. The molecule has 76 valence electrons. The summed E-state index contributed by atoms with van der Waals surface area (Å²) < 4.78 is 0. The lowest BCUT2D eigenvalue weighted by atomic mass is 9.96. The second kappa shape index (κ2) is 2.66. The molecular weight excluding hydrogens is 198 g/mol. The van der Waals surface area contributed by atoms with Gasteiger partial charge in [0.2, 0.25) is 5.39 Å². The molecule has 0 radical (unpaired) electrons. The van der Waals surface area contributed by atoms with Crippen molar-refractivity contribution in [3.8, 4) is 0 Å². The highest BCUT2D eigenvalue weighted by molar-refractivity contribution is 5.91. The molecule has 14 heavy (non-hydrogen) atoms. The summed E-state index contributed by atoms with van der Waals surface area (Å²) in [4.78, 5) is 45.7. The fraction of sp³-hybridized carbons (Fsp3) is 0.500. The van der Waals surface area contributed by atoms with Crippen molar-refractivity contribution >= 4 is 17.9 Å². The van der Waals surface area contributed by atoms with Gasteiger partial charge in [-0.15, -0.1) is 0 Å². The second-order valence-electron chi connectivity index (χ2n) is 2.91. The van der Waals surface area contributed by atoms with Crippen molar-refractivity contribution in [2.45, 2.75) is 18.4 Å². The summed E-state index contributed by atoms with van der Waals surface area (Å²) in [5.74, 6) is -3.01. The van der Waals surface area contributed by atoms with Crippen LogP contribution in [0.15, 0.2) is 0 Å². The van der Waals surface area contributed by atoms with E-state index in [1.165, 1.54) is 0 Å². The Morgan fingerprint density at radius 1 is 1.07 bits per heavy atom. The van der Waals surface area contributed by atoms with Gasteiger partial charge in [-0.05, 0) is 0 Å². The van der Waals surface area contributed by atoms with Gasteiger partial charge in [0, 0.05) is 0 Å². The van der Waals surface area contributed by atoms with E-state index in [4.69, 9.17) is 0 Å². The maximum Gasteiger partial charge on any atom is 0.365 e. The molecule has 0 saturated carbocycles. The summed E-state index contributed by atoms with van der Waals surface area (Å²) in [5, 5.41) is 9.58. The average Bonchev–Trinajstić information content (AvgIpc) is 2.13. The molecule has 2 bridgehead atoms. The van der Waals surface area contributed by atoms with Crippen LogP contribution in [-0.4, -0.2) is 34.0 Å². The quantitative estimate of drug-likeness (QED) is 0.492. The molecule has 0 aromatic rings. The second-order valence-corrected chi connectivity index (χ2v) is 2.91. The lowest BCUT2D eigenvalue weighted by Gasteiger charge is -2.17. The van der Waals surface area contributed by atoms with Crippen molar-refractivity contribution in [1.82, 2.24) is 5.39 Å². The minimum absolute atomic E-state index is 0.00201. The third-order valence-electron chi connectivity index (χ3n) is 1.76. The van der Waals surface area contributed by atoms with Crippen LogP contribution in [0.3, 0.4) is 0 Å². The zero-order valence-electron chi connectivity index (χ0n) is 6.76. The molecule has 8 nitrogen and oxygen atoms in total. The predicted octanol–water partition coefficient (Wildman–Crippen LogP) is -1.80. The van der Waals surface area contributed by atoms with Crippen molar-refractivity contribution in [2.24, 2.45) is 0 Å². The Labute approximate surface area is 76.8 Å². The van der Waals surface area contributed by atoms with Crippen LogP contribution < -0.4 is 0 Å². The summed E-state index contributed by atoms with van der Waals surface area (Å²) in [7, 11) is 0. The Balaban J connectivity index is 2.39. The largest absolute Gasteiger partial charge is 0.377 e. The van der Waals surface area contributed by atoms with Gasteiger partial charge in [-0.25, -0.2) is 14.4 Å². The molecule has 2 fully saturated rings. The third-order valence-corrected chi connectivity index (χ3v) is 1.76. The van der Waals surface area contributed by atoms with Crippen LogP contribution in [0.25, 0.3) is 0 Å². The minimum atomic E-state index is -2.20. The lowest BCUT2D eigenvalue weighted by Crippen LogP contribution is -2.41. The fourth-order valence-electron chi connectivity index (χ4n) is 1.12. The first-order valence-corrected chi connectivity index (χ1v) is 3.66. The van der Waals surface area contributed by atoms with Gasteiger partial charge in [-0.1, -0.05) is 0 Å². The summed E-state index contributed by atoms with van der Waals surface area (Å²) in [6.07, 6.45) is -1.28. The van der Waals surface area contributed by atoms with Crippen molar-refractivity contribution in [1.29, 1.82) is 0 Å². The molecule has 1 N–H and O–H groups in total. The van der Waals surface area contributed by atoms with E-state index < -0.39 is 36.4 Å². The van der Waals surface area contributed by atoms with E-state index in [9.17, 15) is 19.5 Å². The normalized spacial score (nSPS) is 36.6. The van der Waals surface area contributed by atoms with Crippen molar-refractivity contribution in [3.63, 3.8) is 0 Å². The molecule has 2 heterocycles. The van der Waals surface area contributed by atoms with Crippen LogP contribution >= 0.6 is 0 Å². The molecule has 0 amide bonds. The Bertz CT molecular complexity index is 304. The van der Waals surface area contributed by atoms with E-state index in [-0.39, 0.29) is 5.39 Å². The number of aliphatic hydroxyl groups is 1. The van der Waals surface area contributed by atoms with Gasteiger partial charge in [-0.3, -0.25) is 4.84 Å². The molecule has 0 aromatic heterocycles. The minimum Gasteiger partial charge on any atom is -0.377 e. The number of carbonyl (C=O) groups excluding carboxylic acids is 3. The van der Waals surface area contributed by atoms with E-state index in [1.807, 2.05) is 0 Å². The van der Waals surface area contributed by atoms with E-state index in [0.717, 1.165) is 0 Å². The number of hydrogen-bond donors (Lipinski definition) is 1. The first-order valence-electron chi connectivity index (χ1n) is 3.66. The Hall–Kier alpha value is -1.67. The molecule has 2 rings (SSSR count). The van der Waals surface area contributed by atoms with Crippen LogP contribution in [0.4, 0.5) is 0 Å². The van der Waals surface area contributed by atoms with Gasteiger partial charge in [0.15, 0.2) is 5.60 Å². The van der Waals surface area contributed by atoms with Crippen molar-refractivity contribution < 1.29 is 34.0 Å². The van der Waals surface area contributed by atoms with E-state index in [0.29, 0.717) is 0 Å². The topological polar surface area (TPSA) is 102 Å². The van der Waals surface area contributed by atoms with Crippen LogP contribution in [0.1, 0.15) is 12.8 Å². The first-order chi connectivity index (χ1) is 6.49. The monoisotopic (exact) mass is 203 g/mol. The van der Waals surface area contributed by atoms with Gasteiger partial charge in [0.25, 0.3) is 0 Å². The van der Waals surface area contributed by atoms with Crippen molar-refractivity contribution in [3.05, 3.63) is 0 Å². The molecule has 0 unspecified atom stereocenters. The van der Waals surface area contributed by atoms with E-state index in [1.54, 1.807) is 0 Å². The maximum absolute atomic E-state index is 11.1. The molecular formula is C6H5NO7. The first kappa shape index (κ1) is 8.91. The standard InChI is InChI=1S/C6H5NO7/c8-3-1-6(11)2-4(9)13-7(12-3)14-5(6)10/h11H,1-2H2. The summed E-state index contributed by atoms with van der Waals surface area (Å²) >= 11 is 0. The van der Waals surface area contributed by atoms with E-state index >= 15 is 0 Å². The maximum atomic E-state index is 11.1. The number of carbonyl (C=O) groups is 3. The highest BCUT2D eigenvalue weighted by Crippen LogP contribution is 2.27. The Morgan fingerprint density at radius 2 is 1.57 bits per heavy atom. The number of nitrogens with zero attached hydrogens (tertiary/aromatic N) is 1. The molecule has 2 saturated heterocycles.